The van der Waals surface area contributed by atoms with Gasteiger partial charge >= 0.3 is 0 Å². The van der Waals surface area contributed by atoms with E-state index in [9.17, 15) is 4.79 Å². The number of hydrogen-bond acceptors (Lipinski definition) is 8. The number of amides is 1. The average Bonchev–Trinajstić information content (AvgIpc) is 3.29. The summed E-state index contributed by atoms with van der Waals surface area (Å²) >= 11 is 0. The smallest absolute Gasteiger partial charge is 0.248 e. The molecular weight excluding hydrogens is 518 g/mol. The summed E-state index contributed by atoms with van der Waals surface area (Å²) in [5, 5.41) is 7.32. The number of nitrogens with two attached hydrogens (primary N) is 1. The van der Waals surface area contributed by atoms with E-state index >= 15 is 0 Å². The molecule has 0 unspecified atom stereocenters. The first kappa shape index (κ1) is 27.4. The number of aromatic nitrogens is 4. The largest absolute Gasteiger partial charge is 0.480 e. The van der Waals surface area contributed by atoms with Gasteiger partial charge in [0.2, 0.25) is 17.7 Å². The maximum atomic E-state index is 12.3. The van der Waals surface area contributed by atoms with Gasteiger partial charge in [0.05, 0.1) is 12.7 Å². The van der Waals surface area contributed by atoms with Crippen molar-refractivity contribution >= 4 is 22.9 Å². The van der Waals surface area contributed by atoms with Crippen molar-refractivity contribution in [2.75, 3.05) is 38.8 Å². The van der Waals surface area contributed by atoms with Crippen LogP contribution in [-0.4, -0.2) is 58.1 Å². The number of pyridine rings is 1. The zero-order valence-electron chi connectivity index (χ0n) is 23.3. The normalized spacial score (nSPS) is 11.3. The molecule has 0 bridgehead atoms. The van der Waals surface area contributed by atoms with Crippen LogP contribution in [0.5, 0.6) is 17.5 Å². The van der Waals surface area contributed by atoms with Crippen LogP contribution in [0.3, 0.4) is 0 Å². The summed E-state index contributed by atoms with van der Waals surface area (Å²) in [6, 6.07) is 20.8. The quantitative estimate of drug-likeness (QED) is 0.241. The predicted octanol–water partition coefficient (Wildman–Crippen LogP) is 5.21. The fourth-order valence-corrected chi connectivity index (χ4v) is 4.48. The Morgan fingerprint density at radius 1 is 1.02 bits per heavy atom. The maximum absolute atomic E-state index is 12.3. The summed E-state index contributed by atoms with van der Waals surface area (Å²) in [7, 11) is 5.48. The van der Waals surface area contributed by atoms with Crippen LogP contribution < -0.4 is 20.5 Å². The standard InChI is InChI=1S/C31H31N7O3/c1-20-7-5-9-26(35-20)41-24-16-12-21(13-17-24)27-28(31(40-4)38-29(27)30(32)33-19-34-38)22-10-14-23(15-11-22)36-25(39)8-6-18-37(2)3/h5-17,19H,18H2,1-4H3,(H,36,39)(H2,32,33,34)/b8-6+. The molecule has 0 spiro atoms. The minimum absolute atomic E-state index is 0.196. The van der Waals surface area contributed by atoms with Crippen LogP contribution in [0.25, 0.3) is 27.8 Å². The minimum Gasteiger partial charge on any atom is -0.480 e. The van der Waals surface area contributed by atoms with Gasteiger partial charge in [0.25, 0.3) is 0 Å². The van der Waals surface area contributed by atoms with Gasteiger partial charge in [-0.2, -0.15) is 9.61 Å². The van der Waals surface area contributed by atoms with Crippen molar-refractivity contribution in [3.63, 3.8) is 0 Å². The molecule has 3 heterocycles. The van der Waals surface area contributed by atoms with Gasteiger partial charge < -0.3 is 25.4 Å². The number of benzene rings is 2. The van der Waals surface area contributed by atoms with Crippen LogP contribution in [0.15, 0.2) is 85.2 Å². The average molecular weight is 550 g/mol. The molecule has 0 aliphatic heterocycles. The zero-order chi connectivity index (χ0) is 28.9. The molecule has 0 atom stereocenters. The highest BCUT2D eigenvalue weighted by Crippen LogP contribution is 2.45. The van der Waals surface area contributed by atoms with E-state index in [1.807, 2.05) is 98.7 Å². The highest BCUT2D eigenvalue weighted by molar-refractivity contribution is 6.02. The van der Waals surface area contributed by atoms with Gasteiger partial charge in [-0.1, -0.05) is 36.4 Å². The van der Waals surface area contributed by atoms with Crippen LogP contribution in [0, 0.1) is 6.92 Å². The van der Waals surface area contributed by atoms with Crippen molar-refractivity contribution in [3.05, 3.63) is 90.9 Å². The second kappa shape index (κ2) is 11.9. The molecule has 41 heavy (non-hydrogen) atoms. The Kier molecular flexibility index (Phi) is 7.93. The maximum Gasteiger partial charge on any atom is 0.248 e. The molecule has 0 radical (unpaired) electrons. The van der Waals surface area contributed by atoms with Gasteiger partial charge in [0.1, 0.15) is 17.6 Å². The van der Waals surface area contributed by atoms with Gasteiger partial charge in [0.15, 0.2) is 5.82 Å². The Morgan fingerprint density at radius 3 is 2.41 bits per heavy atom. The van der Waals surface area contributed by atoms with E-state index in [0.717, 1.165) is 27.9 Å². The SMILES string of the molecule is COc1c(-c2ccc(NC(=O)/C=C/CN(C)C)cc2)c(-c2ccc(Oc3cccc(C)n3)cc2)c2c(N)ncnn12. The molecule has 0 aliphatic rings. The summed E-state index contributed by atoms with van der Waals surface area (Å²) in [4.78, 5) is 22.9. The molecule has 5 rings (SSSR count). The minimum atomic E-state index is -0.196. The highest BCUT2D eigenvalue weighted by atomic mass is 16.5. The van der Waals surface area contributed by atoms with Crippen molar-refractivity contribution in [3.8, 4) is 39.8 Å². The number of anilines is 2. The van der Waals surface area contributed by atoms with Crippen LogP contribution in [0.2, 0.25) is 0 Å². The summed E-state index contributed by atoms with van der Waals surface area (Å²) in [5.41, 5.74) is 11.9. The molecule has 3 aromatic heterocycles. The van der Waals surface area contributed by atoms with Crippen LogP contribution in [0.1, 0.15) is 5.69 Å². The fourth-order valence-electron chi connectivity index (χ4n) is 4.48. The van der Waals surface area contributed by atoms with Crippen molar-refractivity contribution in [1.29, 1.82) is 0 Å². The second-order valence-corrected chi connectivity index (χ2v) is 9.64. The van der Waals surface area contributed by atoms with Crippen LogP contribution >= 0.6 is 0 Å². The molecule has 5 aromatic rings. The fraction of sp³-hybridized carbons (Fsp3) is 0.161. The number of nitrogens with one attached hydrogen (secondary N) is 1. The van der Waals surface area contributed by atoms with Crippen molar-refractivity contribution < 1.29 is 14.3 Å². The monoisotopic (exact) mass is 549 g/mol. The topological polar surface area (TPSA) is 120 Å². The number of nitrogen functional groups attached to an aromatic ring is 1. The number of aryl methyl sites for hydroxylation is 1. The number of rotatable bonds is 9. The lowest BCUT2D eigenvalue weighted by Gasteiger charge is -2.10. The molecule has 2 aromatic carbocycles. The van der Waals surface area contributed by atoms with E-state index in [4.69, 9.17) is 15.2 Å². The van der Waals surface area contributed by atoms with Crippen molar-refractivity contribution in [2.45, 2.75) is 6.92 Å². The van der Waals surface area contributed by atoms with E-state index in [0.29, 0.717) is 41.1 Å². The molecule has 10 nitrogen and oxygen atoms in total. The molecule has 3 N–H and O–H groups in total. The molecule has 1 amide bonds. The Bertz CT molecular complexity index is 1710. The Hall–Kier alpha value is -5.22. The van der Waals surface area contributed by atoms with Gasteiger partial charge in [0, 0.05) is 35.6 Å². The first-order valence-corrected chi connectivity index (χ1v) is 13.0. The molecule has 0 saturated carbocycles. The number of nitrogens with zero attached hydrogens (tertiary/aromatic N) is 5. The Labute approximate surface area is 238 Å². The molecule has 10 heteroatoms. The number of methoxy groups -OCH3 is 1. The van der Waals surface area contributed by atoms with Crippen LogP contribution in [-0.2, 0) is 4.79 Å². The van der Waals surface area contributed by atoms with E-state index < -0.39 is 0 Å². The van der Waals surface area contributed by atoms with Crippen molar-refractivity contribution in [1.82, 2.24) is 24.5 Å². The molecule has 0 saturated heterocycles. The lowest BCUT2D eigenvalue weighted by molar-refractivity contribution is -0.111. The number of fused-ring (bicyclic) bond motifs is 1. The molecule has 0 aliphatic carbocycles. The third kappa shape index (κ3) is 6.02. The van der Waals surface area contributed by atoms with Crippen molar-refractivity contribution in [2.24, 2.45) is 0 Å². The van der Waals surface area contributed by atoms with E-state index in [-0.39, 0.29) is 5.91 Å². The van der Waals surface area contributed by atoms with Gasteiger partial charge in [-0.25, -0.2) is 9.97 Å². The molecule has 0 fully saturated rings. The van der Waals surface area contributed by atoms with E-state index in [2.05, 4.69) is 20.4 Å². The molecular formula is C31H31N7O3. The van der Waals surface area contributed by atoms with Gasteiger partial charge in [-0.3, -0.25) is 4.79 Å². The summed E-state index contributed by atoms with van der Waals surface area (Å²) < 4.78 is 13.4. The summed E-state index contributed by atoms with van der Waals surface area (Å²) in [6.07, 6.45) is 4.73. The van der Waals surface area contributed by atoms with Gasteiger partial charge in [-0.15, -0.1) is 0 Å². The van der Waals surface area contributed by atoms with E-state index in [1.165, 1.54) is 12.4 Å². The third-order valence-corrected chi connectivity index (χ3v) is 6.31. The van der Waals surface area contributed by atoms with E-state index in [1.54, 1.807) is 11.6 Å². The Balaban J connectivity index is 1.52. The van der Waals surface area contributed by atoms with Gasteiger partial charge in [-0.05, 0) is 62.5 Å². The number of carbonyl (C=O) groups excluding carboxylic acids is 1. The first-order chi connectivity index (χ1) is 19.8. The lowest BCUT2D eigenvalue weighted by atomic mass is 9.97. The Morgan fingerprint density at radius 2 is 1.73 bits per heavy atom. The third-order valence-electron chi connectivity index (χ3n) is 6.31. The first-order valence-electron chi connectivity index (χ1n) is 13.0. The number of ether oxygens (including phenoxy) is 2. The predicted molar refractivity (Wildman–Crippen MR) is 160 cm³/mol. The number of hydrogen-bond donors (Lipinski definition) is 2. The number of carbonyl (C=O) groups is 1. The number of likely N-dealkylation sites (N-methyl/N-ethyl adjacent to an activating group) is 1. The summed E-state index contributed by atoms with van der Waals surface area (Å²) in [6.45, 7) is 2.60. The highest BCUT2D eigenvalue weighted by Gasteiger charge is 2.25. The second-order valence-electron chi connectivity index (χ2n) is 9.64. The summed E-state index contributed by atoms with van der Waals surface area (Å²) in [5.74, 6) is 1.80. The zero-order valence-corrected chi connectivity index (χ0v) is 23.3. The molecule has 208 valence electrons. The van der Waals surface area contributed by atoms with Crippen LogP contribution in [0.4, 0.5) is 11.5 Å². The lowest BCUT2D eigenvalue weighted by Crippen LogP contribution is -2.12.